The third-order valence-electron chi connectivity index (χ3n) is 2.51. The number of fused-ring (bicyclic) bond motifs is 1. The van der Waals surface area contributed by atoms with E-state index >= 15 is 0 Å². The minimum atomic E-state index is -0.590. The Bertz CT molecular complexity index is 559. The van der Waals surface area contributed by atoms with E-state index in [1.165, 1.54) is 0 Å². The molecule has 1 aromatic carbocycles. The summed E-state index contributed by atoms with van der Waals surface area (Å²) < 4.78 is 10.6. The molecule has 1 aromatic heterocycles. The molecule has 0 saturated carbocycles. The second kappa shape index (κ2) is 5.10. The van der Waals surface area contributed by atoms with Gasteiger partial charge < -0.3 is 19.6 Å². The maximum Gasteiger partial charge on any atom is 0.287 e. The number of benzene rings is 1. The summed E-state index contributed by atoms with van der Waals surface area (Å²) in [5, 5.41) is 12.5. The van der Waals surface area contributed by atoms with Crippen LogP contribution in [0.5, 0.6) is 5.75 Å². The Morgan fingerprint density at radius 2 is 2.33 bits per heavy atom. The minimum Gasteiger partial charge on any atom is -0.493 e. The molecule has 0 aliphatic heterocycles. The number of rotatable bonds is 4. The number of furan rings is 1. The Balaban J connectivity index is 2.27. The predicted molar refractivity (Wildman–Crippen MR) is 66.8 cm³/mol. The molecule has 0 fully saturated rings. The van der Waals surface area contributed by atoms with E-state index in [9.17, 15) is 4.79 Å². The van der Waals surface area contributed by atoms with Crippen molar-refractivity contribution in [1.29, 1.82) is 0 Å². The molecule has 0 spiro atoms. The molecule has 2 aromatic rings. The van der Waals surface area contributed by atoms with E-state index in [1.54, 1.807) is 26.2 Å². The van der Waals surface area contributed by atoms with Gasteiger partial charge in [-0.25, -0.2) is 0 Å². The van der Waals surface area contributed by atoms with Crippen molar-refractivity contribution in [3.63, 3.8) is 0 Å². The van der Waals surface area contributed by atoms with Gasteiger partial charge in [-0.05, 0) is 19.1 Å². The Kier molecular flexibility index (Phi) is 3.53. The third kappa shape index (κ3) is 2.46. The number of carbonyl (C=O) groups excluding carboxylic acids is 1. The SMILES string of the molecule is COc1cccc2cc(C(=O)NCC(C)O)oc12. The van der Waals surface area contributed by atoms with Crippen LogP contribution < -0.4 is 10.1 Å². The minimum absolute atomic E-state index is 0.188. The van der Waals surface area contributed by atoms with Crippen LogP contribution in [0.1, 0.15) is 17.5 Å². The number of methoxy groups -OCH3 is 1. The molecule has 2 N–H and O–H groups in total. The van der Waals surface area contributed by atoms with Crippen molar-refractivity contribution < 1.29 is 19.1 Å². The van der Waals surface area contributed by atoms with Gasteiger partial charge in [0, 0.05) is 11.9 Å². The lowest BCUT2D eigenvalue weighted by molar-refractivity contribution is 0.0898. The van der Waals surface area contributed by atoms with Crippen LogP contribution in [0.15, 0.2) is 28.7 Å². The fourth-order valence-electron chi connectivity index (χ4n) is 1.64. The van der Waals surface area contributed by atoms with E-state index in [2.05, 4.69) is 5.32 Å². The zero-order chi connectivity index (χ0) is 13.1. The first-order chi connectivity index (χ1) is 8.61. The Morgan fingerprint density at radius 3 is 3.00 bits per heavy atom. The van der Waals surface area contributed by atoms with Crippen LogP contribution in [0.2, 0.25) is 0 Å². The highest BCUT2D eigenvalue weighted by atomic mass is 16.5. The second-order valence-corrected chi connectivity index (χ2v) is 4.05. The first-order valence-corrected chi connectivity index (χ1v) is 5.64. The third-order valence-corrected chi connectivity index (χ3v) is 2.51. The van der Waals surface area contributed by atoms with Gasteiger partial charge in [-0.15, -0.1) is 0 Å². The number of hydrogen-bond acceptors (Lipinski definition) is 4. The van der Waals surface area contributed by atoms with Crippen molar-refractivity contribution in [1.82, 2.24) is 5.32 Å². The zero-order valence-corrected chi connectivity index (χ0v) is 10.3. The average molecular weight is 249 g/mol. The van der Waals surface area contributed by atoms with Crippen molar-refractivity contribution in [3.8, 4) is 5.75 Å². The molecule has 0 bridgehead atoms. The molecule has 2 rings (SSSR count). The Morgan fingerprint density at radius 1 is 1.56 bits per heavy atom. The van der Waals surface area contributed by atoms with Crippen LogP contribution in [-0.4, -0.2) is 30.8 Å². The maximum atomic E-state index is 11.8. The lowest BCUT2D eigenvalue weighted by atomic mass is 10.2. The van der Waals surface area contributed by atoms with Crippen LogP contribution >= 0.6 is 0 Å². The monoisotopic (exact) mass is 249 g/mol. The molecule has 0 radical (unpaired) electrons. The fourth-order valence-corrected chi connectivity index (χ4v) is 1.64. The molecule has 5 heteroatoms. The highest BCUT2D eigenvalue weighted by Gasteiger charge is 2.14. The number of aliphatic hydroxyl groups excluding tert-OH is 1. The summed E-state index contributed by atoms with van der Waals surface area (Å²) in [7, 11) is 1.55. The summed E-state index contributed by atoms with van der Waals surface area (Å²) in [6, 6.07) is 7.08. The van der Waals surface area contributed by atoms with E-state index in [0.717, 1.165) is 5.39 Å². The Hall–Kier alpha value is -2.01. The van der Waals surface area contributed by atoms with Crippen LogP contribution in [0, 0.1) is 0 Å². The first-order valence-electron chi connectivity index (χ1n) is 5.64. The smallest absolute Gasteiger partial charge is 0.287 e. The van der Waals surface area contributed by atoms with Crippen LogP contribution in [0.25, 0.3) is 11.0 Å². The molecule has 0 saturated heterocycles. The van der Waals surface area contributed by atoms with Crippen molar-refractivity contribution in [2.75, 3.05) is 13.7 Å². The summed E-state index contributed by atoms with van der Waals surface area (Å²) >= 11 is 0. The van der Waals surface area contributed by atoms with Crippen LogP contribution in [0.3, 0.4) is 0 Å². The second-order valence-electron chi connectivity index (χ2n) is 4.05. The van der Waals surface area contributed by atoms with E-state index in [-0.39, 0.29) is 18.2 Å². The molecule has 96 valence electrons. The number of hydrogen-bond donors (Lipinski definition) is 2. The summed E-state index contributed by atoms with van der Waals surface area (Å²) in [5.74, 6) is 0.436. The number of nitrogens with one attached hydrogen (secondary N) is 1. The van der Waals surface area contributed by atoms with E-state index in [4.69, 9.17) is 14.3 Å². The normalized spacial score (nSPS) is 12.4. The summed E-state index contributed by atoms with van der Waals surface area (Å²) in [5.41, 5.74) is 0.544. The zero-order valence-electron chi connectivity index (χ0n) is 10.3. The van der Waals surface area contributed by atoms with Crippen LogP contribution in [0.4, 0.5) is 0 Å². The van der Waals surface area contributed by atoms with Gasteiger partial charge >= 0.3 is 0 Å². The van der Waals surface area contributed by atoms with E-state index in [1.807, 2.05) is 12.1 Å². The molecule has 1 atom stereocenters. The molecule has 0 aliphatic carbocycles. The van der Waals surface area contributed by atoms with Gasteiger partial charge in [0.2, 0.25) is 0 Å². The van der Waals surface area contributed by atoms with Gasteiger partial charge in [0.15, 0.2) is 17.1 Å². The first kappa shape index (κ1) is 12.4. The van der Waals surface area contributed by atoms with Gasteiger partial charge in [0.25, 0.3) is 5.91 Å². The van der Waals surface area contributed by atoms with Gasteiger partial charge in [-0.2, -0.15) is 0 Å². The summed E-state index contributed by atoms with van der Waals surface area (Å²) in [6.07, 6.45) is -0.590. The van der Waals surface area contributed by atoms with Gasteiger partial charge in [-0.3, -0.25) is 4.79 Å². The Labute approximate surface area is 104 Å². The average Bonchev–Trinajstić information content (AvgIpc) is 2.79. The van der Waals surface area contributed by atoms with E-state index < -0.39 is 6.10 Å². The fraction of sp³-hybridized carbons (Fsp3) is 0.308. The molecule has 18 heavy (non-hydrogen) atoms. The van der Waals surface area contributed by atoms with Gasteiger partial charge in [0.05, 0.1) is 13.2 Å². The van der Waals surface area contributed by atoms with Gasteiger partial charge in [-0.1, -0.05) is 12.1 Å². The van der Waals surface area contributed by atoms with Gasteiger partial charge in [0.1, 0.15) is 0 Å². The highest BCUT2D eigenvalue weighted by Crippen LogP contribution is 2.28. The van der Waals surface area contributed by atoms with Crippen molar-refractivity contribution in [2.24, 2.45) is 0 Å². The number of ether oxygens (including phenoxy) is 1. The maximum absolute atomic E-state index is 11.8. The molecular formula is C13H15NO4. The molecule has 0 aliphatic rings. The van der Waals surface area contributed by atoms with Crippen molar-refractivity contribution >= 4 is 16.9 Å². The molecule has 1 heterocycles. The van der Waals surface area contributed by atoms with Crippen molar-refractivity contribution in [2.45, 2.75) is 13.0 Å². The molecular weight excluding hydrogens is 234 g/mol. The summed E-state index contributed by atoms with van der Waals surface area (Å²) in [4.78, 5) is 11.8. The molecule has 5 nitrogen and oxygen atoms in total. The molecule has 1 unspecified atom stereocenters. The highest BCUT2D eigenvalue weighted by molar-refractivity contribution is 5.97. The quantitative estimate of drug-likeness (QED) is 0.862. The van der Waals surface area contributed by atoms with Crippen molar-refractivity contribution in [3.05, 3.63) is 30.0 Å². The number of para-hydroxylation sites is 1. The lowest BCUT2D eigenvalue weighted by Gasteiger charge is -2.04. The largest absolute Gasteiger partial charge is 0.493 e. The van der Waals surface area contributed by atoms with Crippen LogP contribution in [-0.2, 0) is 0 Å². The standard InChI is InChI=1S/C13H15NO4/c1-8(15)7-14-13(16)11-6-9-4-3-5-10(17-2)12(9)18-11/h3-6,8,15H,7H2,1-2H3,(H,14,16). The summed E-state index contributed by atoms with van der Waals surface area (Å²) in [6.45, 7) is 1.79. The number of aliphatic hydroxyl groups is 1. The topological polar surface area (TPSA) is 71.7 Å². The molecule has 1 amide bonds. The van der Waals surface area contributed by atoms with E-state index in [0.29, 0.717) is 11.3 Å². The lowest BCUT2D eigenvalue weighted by Crippen LogP contribution is -2.30. The number of carbonyl (C=O) groups is 1. The number of amides is 1. The predicted octanol–water partition coefficient (Wildman–Crippen LogP) is 1.55.